The lowest BCUT2D eigenvalue weighted by atomic mass is 10.0. The molecule has 0 saturated carbocycles. The van der Waals surface area contributed by atoms with Crippen LogP contribution in [0.25, 0.3) is 11.3 Å². The minimum atomic E-state index is -3.95. The van der Waals surface area contributed by atoms with Gasteiger partial charge in [0.25, 0.3) is 10.0 Å². The first-order chi connectivity index (χ1) is 18.6. The third kappa shape index (κ3) is 6.15. The molecular formula is C25H20N8O4S2. The van der Waals surface area contributed by atoms with Crippen LogP contribution in [0.3, 0.4) is 0 Å². The zero-order valence-corrected chi connectivity index (χ0v) is 22.2. The van der Waals surface area contributed by atoms with Gasteiger partial charge in [-0.1, -0.05) is 11.8 Å². The van der Waals surface area contributed by atoms with Crippen molar-refractivity contribution in [3.05, 3.63) is 71.2 Å². The van der Waals surface area contributed by atoms with E-state index in [1.807, 2.05) is 12.1 Å². The van der Waals surface area contributed by atoms with Gasteiger partial charge in [-0.25, -0.2) is 28.1 Å². The van der Waals surface area contributed by atoms with Crippen LogP contribution in [-0.2, 0) is 14.8 Å². The first-order valence-electron chi connectivity index (χ1n) is 11.2. The number of nitriles is 2. The summed E-state index contributed by atoms with van der Waals surface area (Å²) >= 11 is 0.958. The minimum Gasteiger partial charge on any atom is -0.464 e. The normalized spacial score (nSPS) is 10.9. The van der Waals surface area contributed by atoms with Crippen LogP contribution >= 0.6 is 11.8 Å². The fraction of sp³-hybridized carbons (Fsp3) is 0.120. The Labute approximate surface area is 228 Å². The molecule has 14 heteroatoms. The molecule has 1 aromatic carbocycles. The number of aromatic nitrogens is 3. The second-order valence-corrected chi connectivity index (χ2v) is 10.7. The molecule has 0 aliphatic rings. The molecule has 0 unspecified atom stereocenters. The minimum absolute atomic E-state index is 0.00364. The molecule has 0 aliphatic carbocycles. The molecule has 0 radical (unpaired) electrons. The summed E-state index contributed by atoms with van der Waals surface area (Å²) in [7, 11) is -3.95. The summed E-state index contributed by atoms with van der Waals surface area (Å²) in [5.74, 6) is -0.438. The molecule has 3 heterocycles. The molecule has 0 spiro atoms. The van der Waals surface area contributed by atoms with E-state index in [0.717, 1.165) is 11.8 Å². The van der Waals surface area contributed by atoms with Crippen molar-refractivity contribution in [3.63, 3.8) is 0 Å². The second-order valence-electron chi connectivity index (χ2n) is 8.07. The van der Waals surface area contributed by atoms with Gasteiger partial charge in [0, 0.05) is 17.1 Å². The van der Waals surface area contributed by atoms with Gasteiger partial charge in [0.05, 0.1) is 28.0 Å². The van der Waals surface area contributed by atoms with Crippen molar-refractivity contribution in [2.45, 2.75) is 23.8 Å². The average Bonchev–Trinajstić information content (AvgIpc) is 3.41. The van der Waals surface area contributed by atoms with E-state index in [1.54, 1.807) is 32.0 Å². The lowest BCUT2D eigenvalue weighted by Crippen LogP contribution is -2.17. The maximum Gasteiger partial charge on any atom is 0.264 e. The maximum atomic E-state index is 12.7. The van der Waals surface area contributed by atoms with Gasteiger partial charge in [-0.15, -0.1) is 0 Å². The number of sulfonamides is 1. The Kier molecular flexibility index (Phi) is 7.80. The van der Waals surface area contributed by atoms with Crippen LogP contribution in [-0.4, -0.2) is 35.0 Å². The zero-order chi connectivity index (χ0) is 28.2. The molecule has 0 aliphatic heterocycles. The van der Waals surface area contributed by atoms with Gasteiger partial charge in [0.1, 0.15) is 34.3 Å². The van der Waals surface area contributed by atoms with Gasteiger partial charge in [-0.05, 0) is 56.3 Å². The highest BCUT2D eigenvalue weighted by atomic mass is 32.2. The molecule has 0 fully saturated rings. The summed E-state index contributed by atoms with van der Waals surface area (Å²) in [5, 5.41) is 22.1. The molecule has 0 saturated heterocycles. The number of pyridine rings is 1. The van der Waals surface area contributed by atoms with Crippen LogP contribution in [0.2, 0.25) is 0 Å². The van der Waals surface area contributed by atoms with E-state index in [1.165, 1.54) is 30.5 Å². The molecule has 12 nitrogen and oxygen atoms in total. The highest BCUT2D eigenvalue weighted by Crippen LogP contribution is 2.35. The van der Waals surface area contributed by atoms with Crippen molar-refractivity contribution >= 4 is 45.1 Å². The number of hydrogen-bond donors (Lipinski definition) is 3. The van der Waals surface area contributed by atoms with Crippen molar-refractivity contribution in [1.29, 1.82) is 10.5 Å². The molecule has 0 bridgehead atoms. The first-order valence-corrected chi connectivity index (χ1v) is 13.6. The SMILES string of the molecule is Cc1cc(C)nc(NS(=O)(=O)c2ccc(NC(=O)CSc3nc(N)c(C#N)c(-c4ccco4)c3C#N)cc2)n1. The standard InChI is InChI=1S/C25H20N8O4S2/c1-14-10-15(2)30-25(29-14)33-39(35,36)17-7-5-16(6-8-17)31-21(34)13-38-24-19(12-27)22(20-4-3-9-37-20)18(11-26)23(28)32-24/h3-10H,13H2,1-2H3,(H2,28,32)(H,31,34)(H,29,30,33). The van der Waals surface area contributed by atoms with Gasteiger partial charge in [0.15, 0.2) is 0 Å². The Balaban J connectivity index is 1.46. The van der Waals surface area contributed by atoms with Gasteiger partial charge in [-0.3, -0.25) is 4.79 Å². The quantitative estimate of drug-likeness (QED) is 0.266. The number of nitrogens with one attached hydrogen (secondary N) is 2. The van der Waals surface area contributed by atoms with E-state index in [0.29, 0.717) is 17.1 Å². The van der Waals surface area contributed by atoms with Crippen molar-refractivity contribution in [1.82, 2.24) is 15.0 Å². The van der Waals surface area contributed by atoms with Crippen LogP contribution in [0.4, 0.5) is 17.5 Å². The average molecular weight is 561 g/mol. The van der Waals surface area contributed by atoms with Crippen LogP contribution in [0.15, 0.2) is 63.1 Å². The van der Waals surface area contributed by atoms with Crippen molar-refractivity contribution in [2.24, 2.45) is 0 Å². The van der Waals surface area contributed by atoms with E-state index >= 15 is 0 Å². The summed E-state index contributed by atoms with van der Waals surface area (Å²) < 4.78 is 33.1. The topological polar surface area (TPSA) is 201 Å². The van der Waals surface area contributed by atoms with E-state index in [9.17, 15) is 23.7 Å². The number of nitrogens with zero attached hydrogens (tertiary/aromatic N) is 5. The fourth-order valence-corrected chi connectivity index (χ4v) is 5.31. The highest BCUT2D eigenvalue weighted by Gasteiger charge is 2.23. The smallest absolute Gasteiger partial charge is 0.264 e. The van der Waals surface area contributed by atoms with Crippen LogP contribution in [0.5, 0.6) is 0 Å². The third-order valence-electron chi connectivity index (χ3n) is 5.18. The summed E-state index contributed by atoms with van der Waals surface area (Å²) in [6.07, 6.45) is 1.40. The monoisotopic (exact) mass is 560 g/mol. The lowest BCUT2D eigenvalue weighted by Gasteiger charge is -2.11. The van der Waals surface area contributed by atoms with Gasteiger partial charge >= 0.3 is 0 Å². The zero-order valence-electron chi connectivity index (χ0n) is 20.6. The number of anilines is 3. The Morgan fingerprint density at radius 1 is 1.05 bits per heavy atom. The van der Waals surface area contributed by atoms with Crippen molar-refractivity contribution < 1.29 is 17.6 Å². The van der Waals surface area contributed by atoms with Crippen molar-refractivity contribution in [3.8, 4) is 23.5 Å². The molecule has 39 heavy (non-hydrogen) atoms. The lowest BCUT2D eigenvalue weighted by molar-refractivity contribution is -0.113. The Morgan fingerprint density at radius 2 is 1.72 bits per heavy atom. The van der Waals surface area contributed by atoms with Crippen molar-refractivity contribution in [2.75, 3.05) is 21.5 Å². The number of carbonyl (C=O) groups is 1. The number of nitrogen functional groups attached to an aromatic ring is 1. The maximum absolute atomic E-state index is 12.7. The second kappa shape index (κ2) is 11.2. The molecular weight excluding hydrogens is 540 g/mol. The number of carbonyl (C=O) groups excluding carboxylic acids is 1. The summed E-state index contributed by atoms with van der Waals surface area (Å²) in [4.78, 5) is 24.9. The molecule has 4 aromatic rings. The van der Waals surface area contributed by atoms with E-state index in [2.05, 4.69) is 25.0 Å². The molecule has 0 atom stereocenters. The number of benzene rings is 1. The Bertz CT molecular complexity index is 1720. The third-order valence-corrected chi connectivity index (χ3v) is 7.50. The number of hydrogen-bond acceptors (Lipinski definition) is 11. The number of aryl methyl sites for hydroxylation is 2. The van der Waals surface area contributed by atoms with E-state index in [4.69, 9.17) is 10.2 Å². The molecule has 4 rings (SSSR count). The molecule has 4 N–H and O–H groups in total. The number of furan rings is 1. The molecule has 1 amide bonds. The largest absolute Gasteiger partial charge is 0.464 e. The molecule has 196 valence electrons. The predicted molar refractivity (Wildman–Crippen MR) is 144 cm³/mol. The van der Waals surface area contributed by atoms with Crippen LogP contribution in [0, 0.1) is 36.5 Å². The fourth-order valence-electron chi connectivity index (χ4n) is 3.57. The Morgan fingerprint density at radius 3 is 2.31 bits per heavy atom. The number of thioether (sulfide) groups is 1. The number of nitrogens with two attached hydrogens (primary N) is 1. The predicted octanol–water partition coefficient (Wildman–Crippen LogP) is 3.61. The number of rotatable bonds is 8. The van der Waals surface area contributed by atoms with Crippen LogP contribution in [0.1, 0.15) is 22.5 Å². The van der Waals surface area contributed by atoms with Gasteiger partial charge < -0.3 is 15.5 Å². The van der Waals surface area contributed by atoms with Crippen LogP contribution < -0.4 is 15.8 Å². The van der Waals surface area contributed by atoms with Gasteiger partial charge in [-0.2, -0.15) is 10.5 Å². The summed E-state index contributed by atoms with van der Waals surface area (Å²) in [5.41, 5.74) is 7.80. The Hall–Kier alpha value is -4.92. The molecule has 3 aromatic heterocycles. The van der Waals surface area contributed by atoms with E-state index in [-0.39, 0.29) is 49.9 Å². The summed E-state index contributed by atoms with van der Waals surface area (Å²) in [6, 6.07) is 14.4. The van der Waals surface area contributed by atoms with Gasteiger partial charge in [0.2, 0.25) is 11.9 Å². The highest BCUT2D eigenvalue weighted by molar-refractivity contribution is 8.00. The van der Waals surface area contributed by atoms with E-state index < -0.39 is 15.9 Å². The number of amides is 1. The summed E-state index contributed by atoms with van der Waals surface area (Å²) in [6.45, 7) is 3.46. The first kappa shape index (κ1) is 27.1.